The van der Waals surface area contributed by atoms with Crippen LogP contribution in [0.2, 0.25) is 5.15 Å². The molecule has 0 aliphatic rings. The number of aliphatic hydroxyl groups is 1. The number of ether oxygens (including phenoxy) is 1. The molecule has 0 radical (unpaired) electrons. The van der Waals surface area contributed by atoms with Gasteiger partial charge in [-0.15, -0.1) is 0 Å². The van der Waals surface area contributed by atoms with Crippen LogP contribution in [0.1, 0.15) is 99.7 Å². The minimum absolute atomic E-state index is 0.0626. The van der Waals surface area contributed by atoms with Gasteiger partial charge in [0, 0.05) is 13.1 Å². The van der Waals surface area contributed by atoms with E-state index >= 15 is 0 Å². The molecule has 244 valence electrons. The third-order valence-corrected chi connectivity index (χ3v) is 7.16. The summed E-state index contributed by atoms with van der Waals surface area (Å²) in [5.74, 6) is -0.430. The SMILES string of the molecule is CCCCOc1ccc([C@@H](O)CNCCCCCCCCCCCNC(=N)NC(=O)c2nc(Cl)c(N)nc2N)cc1NC=O. The fourth-order valence-electron chi connectivity index (χ4n) is 4.39. The molecule has 2 aromatic rings. The molecule has 0 aliphatic carbocycles. The Labute approximate surface area is 264 Å². The van der Waals surface area contributed by atoms with E-state index in [1.54, 1.807) is 12.1 Å². The number of halogens is 1. The maximum atomic E-state index is 12.2. The predicted octanol–water partition coefficient (Wildman–Crippen LogP) is 4.13. The van der Waals surface area contributed by atoms with Crippen LogP contribution in [0.5, 0.6) is 5.75 Å². The predicted molar refractivity (Wildman–Crippen MR) is 175 cm³/mol. The number of nitrogen functional groups attached to an aromatic ring is 2. The number of hydrogen-bond donors (Lipinski definition) is 8. The normalized spacial score (nSPS) is 11.5. The highest BCUT2D eigenvalue weighted by Crippen LogP contribution is 2.28. The van der Waals surface area contributed by atoms with Crippen molar-refractivity contribution in [2.75, 3.05) is 43.0 Å². The van der Waals surface area contributed by atoms with Crippen LogP contribution in [0.4, 0.5) is 17.3 Å². The number of amides is 2. The average molecular weight is 634 g/mol. The number of nitrogens with one attached hydrogen (secondary N) is 5. The van der Waals surface area contributed by atoms with Crippen molar-refractivity contribution in [3.8, 4) is 5.75 Å². The fourth-order valence-corrected chi connectivity index (χ4v) is 4.52. The van der Waals surface area contributed by atoms with Gasteiger partial charge in [0.15, 0.2) is 28.4 Å². The first-order valence-corrected chi connectivity index (χ1v) is 15.7. The largest absolute Gasteiger partial charge is 0.491 e. The lowest BCUT2D eigenvalue weighted by Gasteiger charge is -2.16. The molecule has 1 aromatic carbocycles. The molecule has 0 aliphatic heterocycles. The molecule has 0 saturated heterocycles. The van der Waals surface area contributed by atoms with Gasteiger partial charge in [0.1, 0.15) is 5.75 Å². The lowest BCUT2D eigenvalue weighted by Crippen LogP contribution is -2.41. The van der Waals surface area contributed by atoms with Crippen molar-refractivity contribution >= 4 is 47.2 Å². The van der Waals surface area contributed by atoms with E-state index in [2.05, 4.69) is 38.2 Å². The first kappa shape index (κ1) is 36.5. The third kappa shape index (κ3) is 13.7. The van der Waals surface area contributed by atoms with Gasteiger partial charge < -0.3 is 37.3 Å². The number of nitrogens with zero attached hydrogens (tertiary/aromatic N) is 2. The van der Waals surface area contributed by atoms with Gasteiger partial charge in [0.2, 0.25) is 6.41 Å². The molecular formula is C30H48ClN9O4. The summed E-state index contributed by atoms with van der Waals surface area (Å²) in [6, 6.07) is 5.39. The highest BCUT2D eigenvalue weighted by Gasteiger charge is 2.17. The Balaban J connectivity index is 1.46. The molecule has 0 unspecified atom stereocenters. The van der Waals surface area contributed by atoms with Crippen LogP contribution >= 0.6 is 11.6 Å². The van der Waals surface area contributed by atoms with Gasteiger partial charge >= 0.3 is 0 Å². The van der Waals surface area contributed by atoms with Crippen molar-refractivity contribution in [2.24, 2.45) is 0 Å². The first-order chi connectivity index (χ1) is 21.3. The fraction of sp³-hybridized carbons (Fsp3) is 0.567. The van der Waals surface area contributed by atoms with Gasteiger partial charge in [-0.25, -0.2) is 9.97 Å². The van der Waals surface area contributed by atoms with Crippen molar-refractivity contribution < 1.29 is 19.4 Å². The lowest BCUT2D eigenvalue weighted by atomic mass is 10.1. The van der Waals surface area contributed by atoms with Gasteiger partial charge in [-0.3, -0.25) is 20.3 Å². The van der Waals surface area contributed by atoms with Crippen LogP contribution in [-0.4, -0.2) is 59.6 Å². The van der Waals surface area contributed by atoms with E-state index in [1.165, 1.54) is 19.3 Å². The smallest absolute Gasteiger partial charge is 0.280 e. The summed E-state index contributed by atoms with van der Waals surface area (Å²) in [6.45, 7) is 4.52. The molecule has 13 nitrogen and oxygen atoms in total. The zero-order valence-electron chi connectivity index (χ0n) is 25.6. The monoisotopic (exact) mass is 633 g/mol. The first-order valence-electron chi connectivity index (χ1n) is 15.3. The zero-order chi connectivity index (χ0) is 32.2. The van der Waals surface area contributed by atoms with Crippen LogP contribution < -0.4 is 37.5 Å². The van der Waals surface area contributed by atoms with Crippen molar-refractivity contribution in [1.29, 1.82) is 5.41 Å². The van der Waals surface area contributed by atoms with E-state index in [-0.39, 0.29) is 28.4 Å². The molecule has 0 saturated carbocycles. The van der Waals surface area contributed by atoms with Crippen LogP contribution in [-0.2, 0) is 4.79 Å². The van der Waals surface area contributed by atoms with E-state index < -0.39 is 12.0 Å². The molecule has 2 rings (SSSR count). The van der Waals surface area contributed by atoms with Crippen LogP contribution in [0.25, 0.3) is 0 Å². The molecular weight excluding hydrogens is 586 g/mol. The summed E-state index contributed by atoms with van der Waals surface area (Å²) in [5, 5.41) is 29.5. The second-order valence-corrected chi connectivity index (χ2v) is 10.9. The number of nitrogens with two attached hydrogens (primary N) is 2. The van der Waals surface area contributed by atoms with Crippen LogP contribution in [0.15, 0.2) is 18.2 Å². The number of anilines is 3. The zero-order valence-corrected chi connectivity index (χ0v) is 26.3. The van der Waals surface area contributed by atoms with Crippen molar-refractivity contribution in [3.05, 3.63) is 34.6 Å². The standard InChI is InChI=1S/C30H48ClN9O4/c1-2-3-17-44-24-14-13-21(18-22(24)37-20-41)23(42)19-35-15-11-9-7-5-4-6-8-10-12-16-36-30(34)40-29(43)25-27(32)39-28(33)26(31)38-25/h13-14,18,20,23,35,42H,2-12,15-17,19H2,1H3,(H,37,41)(H4,32,33,39)(H3,34,36,40,43)/t23-/m0/s1. The van der Waals surface area contributed by atoms with Crippen molar-refractivity contribution in [3.63, 3.8) is 0 Å². The topological polar surface area (TPSA) is 213 Å². The van der Waals surface area contributed by atoms with Gasteiger partial charge in [0.05, 0.1) is 18.4 Å². The maximum Gasteiger partial charge on any atom is 0.280 e. The van der Waals surface area contributed by atoms with Gasteiger partial charge in [0.25, 0.3) is 5.91 Å². The molecule has 10 N–H and O–H groups in total. The maximum absolute atomic E-state index is 12.2. The van der Waals surface area contributed by atoms with E-state index in [0.717, 1.165) is 63.5 Å². The van der Waals surface area contributed by atoms with Crippen LogP contribution in [0.3, 0.4) is 0 Å². The molecule has 1 heterocycles. The highest BCUT2D eigenvalue weighted by atomic mass is 35.5. The number of carbonyl (C=O) groups is 2. The molecule has 14 heteroatoms. The summed E-state index contributed by atoms with van der Waals surface area (Å²) in [6.07, 6.45) is 11.9. The number of guanidine groups is 1. The van der Waals surface area contributed by atoms with Gasteiger partial charge in [-0.1, -0.05) is 76.0 Å². The van der Waals surface area contributed by atoms with Crippen molar-refractivity contribution in [2.45, 2.75) is 83.7 Å². The molecule has 0 fully saturated rings. The third-order valence-electron chi connectivity index (χ3n) is 6.89. The Hall–Kier alpha value is -3.68. The van der Waals surface area contributed by atoms with Crippen LogP contribution in [0, 0.1) is 5.41 Å². The molecule has 2 amide bonds. The summed E-state index contributed by atoms with van der Waals surface area (Å²) in [7, 11) is 0. The molecule has 1 atom stereocenters. The van der Waals surface area contributed by atoms with E-state index in [1.807, 2.05) is 6.07 Å². The van der Waals surface area contributed by atoms with E-state index in [9.17, 15) is 14.7 Å². The minimum atomic E-state index is -0.680. The molecule has 44 heavy (non-hydrogen) atoms. The summed E-state index contributed by atoms with van der Waals surface area (Å²) in [5.41, 5.74) is 12.3. The lowest BCUT2D eigenvalue weighted by molar-refractivity contribution is -0.105. The molecule has 1 aromatic heterocycles. The Morgan fingerprint density at radius 1 is 1.02 bits per heavy atom. The number of aromatic nitrogens is 2. The molecule has 0 spiro atoms. The second-order valence-electron chi connectivity index (χ2n) is 10.5. The number of benzene rings is 1. The quantitative estimate of drug-likeness (QED) is 0.0401. The van der Waals surface area contributed by atoms with Crippen molar-refractivity contribution in [1.82, 2.24) is 25.9 Å². The number of hydrogen-bond acceptors (Lipinski definition) is 10. The number of carbonyl (C=O) groups excluding carboxylic acids is 2. The Kier molecular flexibility index (Phi) is 17.5. The average Bonchev–Trinajstić information content (AvgIpc) is 2.99. The second kappa shape index (κ2) is 21.1. The molecule has 0 bridgehead atoms. The Morgan fingerprint density at radius 3 is 2.34 bits per heavy atom. The number of rotatable bonds is 22. The summed E-state index contributed by atoms with van der Waals surface area (Å²) < 4.78 is 5.73. The summed E-state index contributed by atoms with van der Waals surface area (Å²) >= 11 is 5.79. The highest BCUT2D eigenvalue weighted by molar-refractivity contribution is 6.31. The van der Waals surface area contributed by atoms with E-state index in [4.69, 9.17) is 33.2 Å². The minimum Gasteiger partial charge on any atom is -0.491 e. The number of aliphatic hydroxyl groups excluding tert-OH is 1. The summed E-state index contributed by atoms with van der Waals surface area (Å²) in [4.78, 5) is 30.8. The Morgan fingerprint density at radius 2 is 1.68 bits per heavy atom. The van der Waals surface area contributed by atoms with Gasteiger partial charge in [-0.05, 0) is 43.5 Å². The Bertz CT molecular complexity index is 1190. The van der Waals surface area contributed by atoms with Gasteiger partial charge in [-0.2, -0.15) is 0 Å². The number of unbranched alkanes of at least 4 members (excludes halogenated alkanes) is 9. The van der Waals surface area contributed by atoms with E-state index in [0.29, 0.717) is 37.5 Å².